The predicted molar refractivity (Wildman–Crippen MR) is 81.0 cm³/mol. The summed E-state index contributed by atoms with van der Waals surface area (Å²) in [7, 11) is 4.13. The van der Waals surface area contributed by atoms with Gasteiger partial charge in [-0.1, -0.05) is 28.1 Å². The number of likely N-dealkylation sites (N-methyl/N-ethyl adjacent to an activating group) is 1. The van der Waals surface area contributed by atoms with E-state index in [0.717, 1.165) is 23.3 Å². The van der Waals surface area contributed by atoms with Gasteiger partial charge in [-0.2, -0.15) is 0 Å². The molecule has 1 atom stereocenters. The van der Waals surface area contributed by atoms with Gasteiger partial charge in [-0.15, -0.1) is 0 Å². The van der Waals surface area contributed by atoms with Gasteiger partial charge in [-0.25, -0.2) is 0 Å². The molecule has 19 heavy (non-hydrogen) atoms. The fourth-order valence-electron chi connectivity index (χ4n) is 1.97. The van der Waals surface area contributed by atoms with Crippen LogP contribution in [0.3, 0.4) is 0 Å². The maximum Gasteiger partial charge on any atom is 0.122 e. The first kappa shape index (κ1) is 14.3. The number of benzene rings is 1. The summed E-state index contributed by atoms with van der Waals surface area (Å²) in [5.74, 6) is 0.994. The van der Waals surface area contributed by atoms with Crippen molar-refractivity contribution in [3.63, 3.8) is 0 Å². The van der Waals surface area contributed by atoms with E-state index in [1.54, 1.807) is 6.26 Å². The molecule has 102 valence electrons. The van der Waals surface area contributed by atoms with Crippen LogP contribution >= 0.6 is 15.9 Å². The molecule has 0 aliphatic heterocycles. The Morgan fingerprint density at radius 3 is 2.53 bits per heavy atom. The Balaban J connectivity index is 1.88. The smallest absolute Gasteiger partial charge is 0.122 e. The lowest BCUT2D eigenvalue weighted by Gasteiger charge is -2.22. The predicted octanol–water partition coefficient (Wildman–Crippen LogP) is 3.43. The van der Waals surface area contributed by atoms with Crippen LogP contribution in [-0.4, -0.2) is 25.5 Å². The summed E-state index contributed by atoms with van der Waals surface area (Å²) in [4.78, 5) is 2.16. The summed E-state index contributed by atoms with van der Waals surface area (Å²) in [5, 5.41) is 3.47. The molecule has 0 fully saturated rings. The third kappa shape index (κ3) is 4.20. The first-order valence-electron chi connectivity index (χ1n) is 6.32. The van der Waals surface area contributed by atoms with Gasteiger partial charge in [0.15, 0.2) is 0 Å². The van der Waals surface area contributed by atoms with Crippen molar-refractivity contribution in [3.05, 3.63) is 58.5 Å². The second-order valence-corrected chi connectivity index (χ2v) is 5.67. The molecule has 4 heteroatoms. The van der Waals surface area contributed by atoms with Crippen LogP contribution < -0.4 is 5.32 Å². The zero-order chi connectivity index (χ0) is 13.7. The Morgan fingerprint density at radius 2 is 1.95 bits per heavy atom. The number of rotatable bonds is 6. The van der Waals surface area contributed by atoms with Crippen LogP contribution in [-0.2, 0) is 6.54 Å². The maximum atomic E-state index is 5.49. The van der Waals surface area contributed by atoms with E-state index in [-0.39, 0.29) is 6.04 Å². The van der Waals surface area contributed by atoms with Gasteiger partial charge >= 0.3 is 0 Å². The van der Waals surface area contributed by atoms with Crippen molar-refractivity contribution in [3.8, 4) is 0 Å². The summed E-state index contributed by atoms with van der Waals surface area (Å²) in [6.45, 7) is 1.72. The summed E-state index contributed by atoms with van der Waals surface area (Å²) in [6, 6.07) is 12.6. The molecule has 1 aromatic heterocycles. The largest absolute Gasteiger partial charge is 0.468 e. The molecule has 1 unspecified atom stereocenters. The zero-order valence-corrected chi connectivity index (χ0v) is 12.9. The van der Waals surface area contributed by atoms with E-state index in [0.29, 0.717) is 0 Å². The lowest BCUT2D eigenvalue weighted by atomic mass is 10.2. The van der Waals surface area contributed by atoms with Gasteiger partial charge in [0.25, 0.3) is 0 Å². The third-order valence-corrected chi connectivity index (χ3v) is 3.60. The molecular weight excluding hydrogens is 304 g/mol. The van der Waals surface area contributed by atoms with Crippen LogP contribution in [0.5, 0.6) is 0 Å². The van der Waals surface area contributed by atoms with Gasteiger partial charge < -0.3 is 9.73 Å². The van der Waals surface area contributed by atoms with Crippen LogP contribution in [0.1, 0.15) is 17.4 Å². The van der Waals surface area contributed by atoms with Gasteiger partial charge in [0.2, 0.25) is 0 Å². The highest BCUT2D eigenvalue weighted by molar-refractivity contribution is 9.10. The van der Waals surface area contributed by atoms with E-state index in [1.807, 2.05) is 12.1 Å². The molecule has 2 aromatic rings. The highest BCUT2D eigenvalue weighted by atomic mass is 79.9. The van der Waals surface area contributed by atoms with Gasteiger partial charge in [-0.3, -0.25) is 4.90 Å². The Bertz CT molecular complexity index is 479. The summed E-state index contributed by atoms with van der Waals surface area (Å²) in [6.07, 6.45) is 1.72. The zero-order valence-electron chi connectivity index (χ0n) is 11.3. The lowest BCUT2D eigenvalue weighted by molar-refractivity contribution is 0.250. The first-order chi connectivity index (χ1) is 9.16. The number of furan rings is 1. The molecule has 0 saturated carbocycles. The van der Waals surface area contributed by atoms with Gasteiger partial charge in [0.05, 0.1) is 12.3 Å². The Hall–Kier alpha value is -1.10. The Labute approximate surface area is 122 Å². The molecule has 0 amide bonds. The number of nitrogens with zero attached hydrogens (tertiary/aromatic N) is 1. The van der Waals surface area contributed by atoms with Crippen LogP contribution in [0.25, 0.3) is 0 Å². The SMILES string of the molecule is CN(C)C(CNCc1ccc(Br)cc1)c1ccco1. The Morgan fingerprint density at radius 1 is 1.21 bits per heavy atom. The van der Waals surface area contributed by atoms with Gasteiger partial charge in [-0.05, 0) is 43.9 Å². The topological polar surface area (TPSA) is 28.4 Å². The minimum absolute atomic E-state index is 0.255. The van der Waals surface area contributed by atoms with Crippen molar-refractivity contribution < 1.29 is 4.42 Å². The number of nitrogens with one attached hydrogen (secondary N) is 1. The summed E-state index contributed by atoms with van der Waals surface area (Å²) < 4.78 is 6.60. The monoisotopic (exact) mass is 322 g/mol. The number of halogens is 1. The summed E-state index contributed by atoms with van der Waals surface area (Å²) in [5.41, 5.74) is 1.28. The Kier molecular flexibility index (Phi) is 5.19. The summed E-state index contributed by atoms with van der Waals surface area (Å²) >= 11 is 3.44. The van der Waals surface area contributed by atoms with Crippen molar-refractivity contribution in [2.75, 3.05) is 20.6 Å². The van der Waals surface area contributed by atoms with E-state index < -0.39 is 0 Å². The molecule has 0 aliphatic carbocycles. The van der Waals surface area contributed by atoms with Crippen molar-refractivity contribution in [2.24, 2.45) is 0 Å². The molecule has 1 heterocycles. The van der Waals surface area contributed by atoms with Crippen LogP contribution in [0.15, 0.2) is 51.6 Å². The van der Waals surface area contributed by atoms with E-state index >= 15 is 0 Å². The molecule has 0 aliphatic rings. The number of hydrogen-bond acceptors (Lipinski definition) is 3. The lowest BCUT2D eigenvalue weighted by Crippen LogP contribution is -2.30. The fraction of sp³-hybridized carbons (Fsp3) is 0.333. The molecule has 0 saturated heterocycles. The fourth-order valence-corrected chi connectivity index (χ4v) is 2.24. The molecular formula is C15H19BrN2O. The average molecular weight is 323 g/mol. The molecule has 0 spiro atoms. The second kappa shape index (κ2) is 6.89. The van der Waals surface area contributed by atoms with Crippen molar-refractivity contribution in [2.45, 2.75) is 12.6 Å². The first-order valence-corrected chi connectivity index (χ1v) is 7.11. The molecule has 0 radical (unpaired) electrons. The second-order valence-electron chi connectivity index (χ2n) is 4.75. The van der Waals surface area contributed by atoms with Crippen molar-refractivity contribution in [1.29, 1.82) is 0 Å². The maximum absolute atomic E-state index is 5.49. The average Bonchev–Trinajstić information content (AvgIpc) is 2.90. The van der Waals surface area contributed by atoms with Crippen molar-refractivity contribution in [1.82, 2.24) is 10.2 Å². The van der Waals surface area contributed by atoms with Crippen LogP contribution in [0, 0.1) is 0 Å². The molecule has 3 nitrogen and oxygen atoms in total. The van der Waals surface area contributed by atoms with E-state index in [1.165, 1.54) is 5.56 Å². The molecule has 1 N–H and O–H groups in total. The van der Waals surface area contributed by atoms with E-state index in [9.17, 15) is 0 Å². The van der Waals surface area contributed by atoms with E-state index in [2.05, 4.69) is 64.5 Å². The van der Waals surface area contributed by atoms with Crippen LogP contribution in [0.2, 0.25) is 0 Å². The molecule has 2 rings (SSSR count). The van der Waals surface area contributed by atoms with Gasteiger partial charge in [0.1, 0.15) is 5.76 Å². The van der Waals surface area contributed by atoms with Gasteiger partial charge in [0, 0.05) is 17.6 Å². The minimum Gasteiger partial charge on any atom is -0.468 e. The normalized spacial score (nSPS) is 12.8. The molecule has 1 aromatic carbocycles. The highest BCUT2D eigenvalue weighted by Gasteiger charge is 2.15. The standard InChI is InChI=1S/C15H19BrN2O/c1-18(2)14(15-4-3-9-19-15)11-17-10-12-5-7-13(16)8-6-12/h3-9,14,17H,10-11H2,1-2H3. The number of hydrogen-bond donors (Lipinski definition) is 1. The van der Waals surface area contributed by atoms with Crippen molar-refractivity contribution >= 4 is 15.9 Å². The third-order valence-electron chi connectivity index (χ3n) is 3.08. The minimum atomic E-state index is 0.255. The van der Waals surface area contributed by atoms with E-state index in [4.69, 9.17) is 4.42 Å². The van der Waals surface area contributed by atoms with Crippen LogP contribution in [0.4, 0.5) is 0 Å². The molecule has 0 bridgehead atoms. The highest BCUT2D eigenvalue weighted by Crippen LogP contribution is 2.17. The quantitative estimate of drug-likeness (QED) is 0.883.